The molecule has 9 aromatic rings. The minimum absolute atomic E-state index is 0.654. The summed E-state index contributed by atoms with van der Waals surface area (Å²) in [5.41, 5.74) is 8.78. The third-order valence-corrected chi connectivity index (χ3v) is 8.33. The van der Waals surface area contributed by atoms with E-state index in [2.05, 4.69) is 125 Å². The fourth-order valence-electron chi connectivity index (χ4n) is 6.25. The third kappa shape index (κ3) is 3.81. The summed E-state index contributed by atoms with van der Waals surface area (Å²) in [5.74, 6) is 0. The normalized spacial score (nSPS) is 11.7. The van der Waals surface area contributed by atoms with Crippen LogP contribution < -0.4 is 4.90 Å². The van der Waals surface area contributed by atoms with Gasteiger partial charge in [-0.25, -0.2) is 4.98 Å². The van der Waals surface area contributed by atoms with Gasteiger partial charge in [-0.1, -0.05) is 72.8 Å². The summed E-state index contributed by atoms with van der Waals surface area (Å²) < 4.78 is 12.5. The van der Waals surface area contributed by atoms with Gasteiger partial charge in [0.15, 0.2) is 0 Å². The highest BCUT2D eigenvalue weighted by Gasteiger charge is 2.18. The summed E-state index contributed by atoms with van der Waals surface area (Å²) in [7, 11) is 0. The smallest absolute Gasteiger partial charge is 0.227 e. The number of anilines is 3. The second kappa shape index (κ2) is 9.33. The average Bonchev–Trinajstić information content (AvgIpc) is 3.64. The fourth-order valence-corrected chi connectivity index (χ4v) is 6.25. The first-order chi connectivity index (χ1) is 21.3. The zero-order valence-corrected chi connectivity index (χ0v) is 23.1. The average molecular weight is 553 g/mol. The Labute approximate surface area is 247 Å². The SMILES string of the molecule is c1ccc(-c2ccc(N(c3ccc4oc5ccccc5c4c3)c3ccc4ccc5c6cccnc6oc5c4c3)cc2)cc1. The second-order valence-corrected chi connectivity index (χ2v) is 10.8. The van der Waals surface area contributed by atoms with Gasteiger partial charge in [-0.3, -0.25) is 0 Å². The molecule has 0 radical (unpaired) electrons. The van der Waals surface area contributed by atoms with Crippen LogP contribution in [-0.2, 0) is 0 Å². The van der Waals surface area contributed by atoms with E-state index in [1.54, 1.807) is 6.20 Å². The summed E-state index contributed by atoms with van der Waals surface area (Å²) >= 11 is 0. The highest BCUT2D eigenvalue weighted by Crippen LogP contribution is 2.41. The molecule has 202 valence electrons. The van der Waals surface area contributed by atoms with Crippen molar-refractivity contribution in [2.45, 2.75) is 0 Å². The van der Waals surface area contributed by atoms with Gasteiger partial charge in [0, 0.05) is 50.2 Å². The topological polar surface area (TPSA) is 42.4 Å². The first-order valence-corrected chi connectivity index (χ1v) is 14.4. The Kier molecular flexibility index (Phi) is 5.16. The van der Waals surface area contributed by atoms with Crippen LogP contribution in [0.3, 0.4) is 0 Å². The molecular formula is C39H24N2O2. The van der Waals surface area contributed by atoms with Crippen molar-refractivity contribution in [2.24, 2.45) is 0 Å². The molecular weight excluding hydrogens is 528 g/mol. The van der Waals surface area contributed by atoms with Crippen LogP contribution in [0.25, 0.3) is 65.9 Å². The minimum Gasteiger partial charge on any atom is -0.456 e. The lowest BCUT2D eigenvalue weighted by molar-refractivity contribution is 0.657. The van der Waals surface area contributed by atoms with Crippen LogP contribution in [0.1, 0.15) is 0 Å². The lowest BCUT2D eigenvalue weighted by atomic mass is 10.0. The molecule has 0 fully saturated rings. The summed E-state index contributed by atoms with van der Waals surface area (Å²) in [6.45, 7) is 0. The Morgan fingerprint density at radius 1 is 0.442 bits per heavy atom. The van der Waals surface area contributed by atoms with Crippen LogP contribution in [0.2, 0.25) is 0 Å². The van der Waals surface area contributed by atoms with Crippen molar-refractivity contribution in [3.8, 4) is 11.1 Å². The first kappa shape index (κ1) is 23.8. The van der Waals surface area contributed by atoms with E-state index in [4.69, 9.17) is 8.83 Å². The van der Waals surface area contributed by atoms with E-state index >= 15 is 0 Å². The number of fused-ring (bicyclic) bond motifs is 8. The van der Waals surface area contributed by atoms with Crippen molar-refractivity contribution < 1.29 is 8.83 Å². The van der Waals surface area contributed by atoms with E-state index in [1.165, 1.54) is 11.1 Å². The molecule has 6 aromatic carbocycles. The molecule has 0 saturated heterocycles. The quantitative estimate of drug-likeness (QED) is 0.218. The largest absolute Gasteiger partial charge is 0.456 e. The fraction of sp³-hybridized carbons (Fsp3) is 0. The molecule has 0 aliphatic rings. The van der Waals surface area contributed by atoms with Crippen molar-refractivity contribution in [3.63, 3.8) is 0 Å². The molecule has 0 aliphatic heterocycles. The predicted octanol–water partition coefficient (Wildman–Crippen LogP) is 11.2. The summed E-state index contributed by atoms with van der Waals surface area (Å²) in [5, 5.41) is 6.45. The number of hydrogen-bond donors (Lipinski definition) is 0. The van der Waals surface area contributed by atoms with Gasteiger partial charge in [0.05, 0.1) is 0 Å². The Balaban J connectivity index is 1.27. The van der Waals surface area contributed by atoms with Gasteiger partial charge in [-0.05, 0) is 83.2 Å². The molecule has 0 saturated carbocycles. The minimum atomic E-state index is 0.654. The van der Waals surface area contributed by atoms with Gasteiger partial charge in [-0.2, -0.15) is 0 Å². The number of rotatable bonds is 4. The molecule has 43 heavy (non-hydrogen) atoms. The summed E-state index contributed by atoms with van der Waals surface area (Å²) in [6, 6.07) is 48.7. The Bertz CT molecular complexity index is 2450. The Morgan fingerprint density at radius 3 is 2.00 bits per heavy atom. The van der Waals surface area contributed by atoms with Crippen molar-refractivity contribution in [1.29, 1.82) is 0 Å². The number of pyridine rings is 1. The standard InChI is InChI=1S/C39H24N2O2/c1-2-7-25(8-3-1)26-12-16-28(17-13-26)41(30-19-21-37-35(24-30)31-9-4-5-11-36(31)42-37)29-18-14-27-15-20-32-33-10-6-22-40-39(33)43-38(32)34(27)23-29/h1-24H. The monoisotopic (exact) mass is 552 g/mol. The number of furan rings is 2. The lowest BCUT2D eigenvalue weighted by Gasteiger charge is -2.26. The number of para-hydroxylation sites is 1. The predicted molar refractivity (Wildman–Crippen MR) is 176 cm³/mol. The molecule has 3 aromatic heterocycles. The van der Waals surface area contributed by atoms with Crippen LogP contribution in [0.15, 0.2) is 155 Å². The van der Waals surface area contributed by atoms with Gasteiger partial charge in [0.25, 0.3) is 0 Å². The van der Waals surface area contributed by atoms with Gasteiger partial charge in [0.2, 0.25) is 5.71 Å². The molecule has 9 rings (SSSR count). The van der Waals surface area contributed by atoms with E-state index in [9.17, 15) is 0 Å². The maximum Gasteiger partial charge on any atom is 0.227 e. The highest BCUT2D eigenvalue weighted by atomic mass is 16.3. The van der Waals surface area contributed by atoms with Crippen LogP contribution in [-0.4, -0.2) is 4.98 Å². The van der Waals surface area contributed by atoms with Crippen molar-refractivity contribution >= 4 is 71.8 Å². The molecule has 0 bridgehead atoms. The highest BCUT2D eigenvalue weighted by molar-refractivity contribution is 6.15. The summed E-state index contributed by atoms with van der Waals surface area (Å²) in [4.78, 5) is 6.77. The maximum atomic E-state index is 6.33. The van der Waals surface area contributed by atoms with E-state index in [1.807, 2.05) is 24.3 Å². The molecule has 0 spiro atoms. The van der Waals surface area contributed by atoms with Gasteiger partial charge in [0.1, 0.15) is 16.7 Å². The van der Waals surface area contributed by atoms with Crippen molar-refractivity contribution in [1.82, 2.24) is 4.98 Å². The molecule has 0 atom stereocenters. The molecule has 0 unspecified atom stereocenters. The zero-order chi connectivity index (χ0) is 28.3. The van der Waals surface area contributed by atoms with Gasteiger partial charge < -0.3 is 13.7 Å². The van der Waals surface area contributed by atoms with Gasteiger partial charge >= 0.3 is 0 Å². The van der Waals surface area contributed by atoms with Crippen LogP contribution in [0, 0.1) is 0 Å². The van der Waals surface area contributed by atoms with E-state index in [0.29, 0.717) is 5.71 Å². The number of hydrogen-bond acceptors (Lipinski definition) is 4. The van der Waals surface area contributed by atoms with Gasteiger partial charge in [-0.15, -0.1) is 0 Å². The zero-order valence-electron chi connectivity index (χ0n) is 23.1. The van der Waals surface area contributed by atoms with E-state index in [-0.39, 0.29) is 0 Å². The van der Waals surface area contributed by atoms with Crippen LogP contribution >= 0.6 is 0 Å². The van der Waals surface area contributed by atoms with E-state index in [0.717, 1.165) is 66.1 Å². The molecule has 4 nitrogen and oxygen atoms in total. The Morgan fingerprint density at radius 2 is 1.12 bits per heavy atom. The maximum absolute atomic E-state index is 6.33. The molecule has 0 N–H and O–H groups in total. The molecule has 3 heterocycles. The molecule has 4 heteroatoms. The first-order valence-electron chi connectivity index (χ1n) is 14.4. The Hall–Kier alpha value is -5.87. The van der Waals surface area contributed by atoms with Crippen LogP contribution in [0.5, 0.6) is 0 Å². The summed E-state index contributed by atoms with van der Waals surface area (Å²) in [6.07, 6.45) is 1.77. The lowest BCUT2D eigenvalue weighted by Crippen LogP contribution is -2.09. The second-order valence-electron chi connectivity index (χ2n) is 10.8. The number of benzene rings is 6. The van der Waals surface area contributed by atoms with Crippen molar-refractivity contribution in [3.05, 3.63) is 146 Å². The molecule has 0 amide bonds. The molecule has 0 aliphatic carbocycles. The van der Waals surface area contributed by atoms with Crippen LogP contribution in [0.4, 0.5) is 17.1 Å². The number of nitrogens with zero attached hydrogens (tertiary/aromatic N) is 2. The number of aromatic nitrogens is 1. The van der Waals surface area contributed by atoms with E-state index < -0.39 is 0 Å². The third-order valence-electron chi connectivity index (χ3n) is 8.33. The van der Waals surface area contributed by atoms with Crippen molar-refractivity contribution in [2.75, 3.05) is 4.90 Å².